The summed E-state index contributed by atoms with van der Waals surface area (Å²) in [6, 6.07) is 11.5. The molecule has 8 heteroatoms. The molecule has 2 aromatic carbocycles. The van der Waals surface area contributed by atoms with Gasteiger partial charge in [-0.1, -0.05) is 46.7 Å². The molecule has 0 spiro atoms. The molecule has 2 aromatic heterocycles. The summed E-state index contributed by atoms with van der Waals surface area (Å²) in [5.74, 6) is 0.527. The summed E-state index contributed by atoms with van der Waals surface area (Å²) in [6.45, 7) is 5.22. The van der Waals surface area contributed by atoms with E-state index >= 15 is 0 Å². The Bertz CT molecular complexity index is 1130. The Morgan fingerprint density at radius 3 is 2.71 bits per heavy atom. The molecule has 0 bridgehead atoms. The van der Waals surface area contributed by atoms with Crippen molar-refractivity contribution in [2.75, 3.05) is 18.1 Å². The Morgan fingerprint density at radius 2 is 2.00 bits per heavy atom. The lowest BCUT2D eigenvalue weighted by molar-refractivity contribution is -0.120. The van der Waals surface area contributed by atoms with E-state index in [9.17, 15) is 4.79 Å². The van der Waals surface area contributed by atoms with Gasteiger partial charge in [0.15, 0.2) is 11.7 Å². The van der Waals surface area contributed by atoms with Crippen molar-refractivity contribution in [2.24, 2.45) is 0 Å². The second-order valence-corrected chi connectivity index (χ2v) is 8.72. The van der Waals surface area contributed by atoms with E-state index in [1.165, 1.54) is 11.3 Å². The summed E-state index contributed by atoms with van der Waals surface area (Å²) in [6.07, 6.45) is 6.19. The smallest absolute Gasteiger partial charge is 0.266 e. The predicted molar refractivity (Wildman–Crippen MR) is 125 cm³/mol. The van der Waals surface area contributed by atoms with Crippen molar-refractivity contribution in [3.8, 4) is 5.75 Å². The van der Waals surface area contributed by atoms with Gasteiger partial charge in [0, 0.05) is 25.5 Å². The van der Waals surface area contributed by atoms with Gasteiger partial charge in [-0.15, -0.1) is 0 Å². The summed E-state index contributed by atoms with van der Waals surface area (Å²) in [4.78, 5) is 23.6. The monoisotopic (exact) mass is 454 g/mol. The third kappa shape index (κ3) is 5.06. The molecule has 2 heterocycles. The van der Waals surface area contributed by atoms with Crippen LogP contribution in [0.5, 0.6) is 5.75 Å². The van der Waals surface area contributed by atoms with E-state index in [4.69, 9.17) is 21.3 Å². The molecule has 0 aliphatic heterocycles. The van der Waals surface area contributed by atoms with Crippen LogP contribution in [0.3, 0.4) is 0 Å². The highest BCUT2D eigenvalue weighted by Gasteiger charge is 2.21. The van der Waals surface area contributed by atoms with E-state index < -0.39 is 0 Å². The van der Waals surface area contributed by atoms with Crippen LogP contribution in [0.4, 0.5) is 5.13 Å². The van der Waals surface area contributed by atoms with Gasteiger partial charge in [0.05, 0.1) is 21.6 Å². The van der Waals surface area contributed by atoms with Gasteiger partial charge in [-0.3, -0.25) is 9.69 Å². The zero-order valence-electron chi connectivity index (χ0n) is 17.4. The highest BCUT2D eigenvalue weighted by Crippen LogP contribution is 2.35. The molecule has 0 aliphatic rings. The van der Waals surface area contributed by atoms with Crippen LogP contribution in [-0.4, -0.2) is 33.6 Å². The Hall–Kier alpha value is -2.90. The van der Waals surface area contributed by atoms with Crippen molar-refractivity contribution in [1.82, 2.24) is 14.5 Å². The number of rotatable bonds is 8. The first kappa shape index (κ1) is 21.3. The second-order valence-electron chi connectivity index (χ2n) is 7.34. The largest absolute Gasteiger partial charge is 0.484 e. The fraction of sp³-hybridized carbons (Fsp3) is 0.261. The Balaban J connectivity index is 1.54. The molecule has 31 heavy (non-hydrogen) atoms. The molecule has 0 unspecified atom stereocenters. The van der Waals surface area contributed by atoms with Crippen molar-refractivity contribution < 1.29 is 9.53 Å². The first-order valence-corrected chi connectivity index (χ1v) is 11.2. The number of fused-ring (bicyclic) bond motifs is 1. The van der Waals surface area contributed by atoms with Gasteiger partial charge in [0.2, 0.25) is 0 Å². The van der Waals surface area contributed by atoms with E-state index in [1.54, 1.807) is 17.4 Å². The lowest BCUT2D eigenvalue weighted by atomic mass is 10.2. The minimum absolute atomic E-state index is 0.0588. The third-order valence-corrected chi connectivity index (χ3v) is 6.50. The maximum absolute atomic E-state index is 13.1. The number of aromatic nitrogens is 3. The number of anilines is 1. The number of nitrogens with zero attached hydrogens (tertiary/aromatic N) is 4. The fourth-order valence-electron chi connectivity index (χ4n) is 3.22. The van der Waals surface area contributed by atoms with Crippen molar-refractivity contribution in [3.63, 3.8) is 0 Å². The average molecular weight is 455 g/mol. The lowest BCUT2D eigenvalue weighted by Crippen LogP contribution is -2.36. The highest BCUT2D eigenvalue weighted by molar-refractivity contribution is 7.23. The van der Waals surface area contributed by atoms with Crippen molar-refractivity contribution >= 4 is 44.2 Å². The van der Waals surface area contributed by atoms with Gasteiger partial charge >= 0.3 is 0 Å². The molecule has 0 atom stereocenters. The minimum atomic E-state index is -0.140. The Morgan fingerprint density at radius 1 is 1.19 bits per heavy atom. The number of benzene rings is 2. The van der Waals surface area contributed by atoms with Crippen LogP contribution in [0, 0.1) is 13.8 Å². The summed E-state index contributed by atoms with van der Waals surface area (Å²) < 4.78 is 8.63. The van der Waals surface area contributed by atoms with E-state index in [2.05, 4.69) is 4.98 Å². The molecular formula is C23H23ClN4O2S. The average Bonchev–Trinajstić information content (AvgIpc) is 3.44. The van der Waals surface area contributed by atoms with Crippen LogP contribution in [-0.2, 0) is 11.3 Å². The van der Waals surface area contributed by atoms with Crippen LogP contribution in [0.15, 0.2) is 55.1 Å². The number of imidazole rings is 1. The molecule has 0 saturated heterocycles. The van der Waals surface area contributed by atoms with Gasteiger partial charge in [-0.05, 0) is 44.0 Å². The lowest BCUT2D eigenvalue weighted by Gasteiger charge is -2.20. The number of aryl methyl sites for hydroxylation is 3. The first-order valence-electron chi connectivity index (χ1n) is 10.0. The van der Waals surface area contributed by atoms with E-state index in [1.807, 2.05) is 61.0 Å². The third-order valence-electron chi connectivity index (χ3n) is 4.96. The standard InChI is InChI=1S/C23H23ClN4O2S/c1-16-4-7-18(8-5-16)30-14-20(29)28(12-3-11-27-13-10-25-15-27)23-26-21-17(2)6-9-19(24)22(21)31-23/h4-10,13,15H,3,11-12,14H2,1-2H3. The number of carbonyl (C=O) groups is 1. The van der Waals surface area contributed by atoms with E-state index in [-0.39, 0.29) is 12.5 Å². The van der Waals surface area contributed by atoms with Crippen LogP contribution < -0.4 is 9.64 Å². The van der Waals surface area contributed by atoms with Crippen LogP contribution in [0.25, 0.3) is 10.2 Å². The molecule has 0 fully saturated rings. The van der Waals surface area contributed by atoms with Gasteiger partial charge < -0.3 is 9.30 Å². The van der Waals surface area contributed by atoms with Crippen molar-refractivity contribution in [3.05, 3.63) is 71.3 Å². The molecule has 0 saturated carbocycles. The summed E-state index contributed by atoms with van der Waals surface area (Å²) in [5.41, 5.74) is 3.00. The number of hydrogen-bond donors (Lipinski definition) is 0. The maximum atomic E-state index is 13.1. The number of carbonyl (C=O) groups excluding carboxylic acids is 1. The molecule has 0 aliphatic carbocycles. The fourth-order valence-corrected chi connectivity index (χ4v) is 4.58. The van der Waals surface area contributed by atoms with Crippen molar-refractivity contribution in [1.29, 1.82) is 0 Å². The summed E-state index contributed by atoms with van der Waals surface area (Å²) >= 11 is 7.82. The van der Waals surface area contributed by atoms with Gasteiger partial charge in [-0.2, -0.15) is 0 Å². The SMILES string of the molecule is Cc1ccc(OCC(=O)N(CCCn2ccnc2)c2nc3c(C)ccc(Cl)c3s2)cc1. The predicted octanol–water partition coefficient (Wildman–Crippen LogP) is 5.27. The first-order chi connectivity index (χ1) is 15.0. The maximum Gasteiger partial charge on any atom is 0.266 e. The number of halogens is 1. The number of amides is 1. The Kier molecular flexibility index (Phi) is 6.53. The zero-order valence-corrected chi connectivity index (χ0v) is 19.0. The molecule has 0 N–H and O–H groups in total. The molecular weight excluding hydrogens is 432 g/mol. The number of hydrogen-bond acceptors (Lipinski definition) is 5. The minimum Gasteiger partial charge on any atom is -0.484 e. The number of thiazole rings is 1. The van der Waals surface area contributed by atoms with Gasteiger partial charge in [-0.25, -0.2) is 9.97 Å². The van der Waals surface area contributed by atoms with Crippen LogP contribution in [0.2, 0.25) is 5.02 Å². The quantitative estimate of drug-likeness (QED) is 0.364. The molecule has 0 radical (unpaired) electrons. The van der Waals surface area contributed by atoms with Gasteiger partial charge in [0.25, 0.3) is 5.91 Å². The Labute approximate surface area is 190 Å². The zero-order chi connectivity index (χ0) is 21.8. The highest BCUT2D eigenvalue weighted by atomic mass is 35.5. The van der Waals surface area contributed by atoms with Gasteiger partial charge in [0.1, 0.15) is 5.75 Å². The molecule has 6 nitrogen and oxygen atoms in total. The molecule has 1 amide bonds. The summed E-state index contributed by atoms with van der Waals surface area (Å²) in [7, 11) is 0. The topological polar surface area (TPSA) is 60.2 Å². The van der Waals surface area contributed by atoms with Crippen LogP contribution in [0.1, 0.15) is 17.5 Å². The molecule has 4 rings (SSSR count). The normalized spacial score (nSPS) is 11.1. The van der Waals surface area contributed by atoms with E-state index in [0.29, 0.717) is 22.4 Å². The molecule has 4 aromatic rings. The van der Waals surface area contributed by atoms with Crippen molar-refractivity contribution in [2.45, 2.75) is 26.8 Å². The van der Waals surface area contributed by atoms with Crippen LogP contribution >= 0.6 is 22.9 Å². The summed E-state index contributed by atoms with van der Waals surface area (Å²) in [5, 5.41) is 1.28. The van der Waals surface area contributed by atoms with E-state index in [0.717, 1.165) is 34.3 Å². The molecule has 160 valence electrons. The number of ether oxygens (including phenoxy) is 1. The second kappa shape index (κ2) is 9.49.